The molecule has 1 aliphatic rings. The highest BCUT2D eigenvalue weighted by Gasteiger charge is 2.14. The highest BCUT2D eigenvalue weighted by molar-refractivity contribution is 7.99. The summed E-state index contributed by atoms with van der Waals surface area (Å²) in [6, 6.07) is 0. The first-order chi connectivity index (χ1) is 6.70. The number of nitrogens with one attached hydrogen (secondary N) is 1. The van der Waals surface area contributed by atoms with E-state index in [4.69, 9.17) is 0 Å². The molecule has 3 heteroatoms. The molecule has 0 amide bonds. The quantitative estimate of drug-likeness (QED) is 0.737. The lowest BCUT2D eigenvalue weighted by molar-refractivity contribution is 0.196. The fraction of sp³-hybridized carbons (Fsp3) is 1.00. The van der Waals surface area contributed by atoms with Crippen LogP contribution in [0.5, 0.6) is 0 Å². The van der Waals surface area contributed by atoms with Gasteiger partial charge in [0.05, 0.1) is 6.10 Å². The molecule has 0 saturated carbocycles. The van der Waals surface area contributed by atoms with Crippen LogP contribution in [0.3, 0.4) is 0 Å². The number of hydrogen-bond acceptors (Lipinski definition) is 3. The standard InChI is InChI=1S/C11H23NOS/c1-9(13)10(2)14-7-5-11-4-3-6-12-8-11/h9-13H,3-8H2,1-2H3. The summed E-state index contributed by atoms with van der Waals surface area (Å²) >= 11 is 1.90. The SMILES string of the molecule is CC(O)C(C)SCCC1CCCNC1. The van der Waals surface area contributed by atoms with Gasteiger partial charge in [-0.1, -0.05) is 6.92 Å². The molecule has 1 heterocycles. The summed E-state index contributed by atoms with van der Waals surface area (Å²) in [4.78, 5) is 0. The predicted molar refractivity (Wildman–Crippen MR) is 63.8 cm³/mol. The first-order valence-electron chi connectivity index (χ1n) is 5.70. The van der Waals surface area contributed by atoms with Gasteiger partial charge in [-0.3, -0.25) is 0 Å². The van der Waals surface area contributed by atoms with Crippen molar-refractivity contribution in [2.75, 3.05) is 18.8 Å². The molecule has 1 rings (SSSR count). The molecule has 1 saturated heterocycles. The van der Waals surface area contributed by atoms with Crippen LogP contribution in [-0.4, -0.2) is 35.3 Å². The summed E-state index contributed by atoms with van der Waals surface area (Å²) in [5.41, 5.74) is 0. The molecule has 3 atom stereocenters. The Morgan fingerprint density at radius 1 is 1.50 bits per heavy atom. The molecule has 0 radical (unpaired) electrons. The van der Waals surface area contributed by atoms with Crippen LogP contribution >= 0.6 is 11.8 Å². The molecule has 0 aromatic heterocycles. The average Bonchev–Trinajstić information content (AvgIpc) is 2.19. The Balaban J connectivity index is 2.02. The number of piperidine rings is 1. The lowest BCUT2D eigenvalue weighted by Gasteiger charge is -2.23. The molecule has 0 aromatic rings. The van der Waals surface area contributed by atoms with Crippen molar-refractivity contribution in [1.29, 1.82) is 0 Å². The molecular weight excluding hydrogens is 194 g/mol. The largest absolute Gasteiger partial charge is 0.392 e. The van der Waals surface area contributed by atoms with Gasteiger partial charge in [-0.25, -0.2) is 0 Å². The van der Waals surface area contributed by atoms with Gasteiger partial charge in [0.1, 0.15) is 0 Å². The predicted octanol–water partition coefficient (Wildman–Crippen LogP) is 1.88. The highest BCUT2D eigenvalue weighted by Crippen LogP contribution is 2.20. The summed E-state index contributed by atoms with van der Waals surface area (Å²) in [5, 5.41) is 13.1. The molecule has 2 nitrogen and oxygen atoms in total. The Kier molecular flexibility index (Phi) is 5.90. The van der Waals surface area contributed by atoms with Gasteiger partial charge in [0.15, 0.2) is 0 Å². The first kappa shape index (κ1) is 12.3. The topological polar surface area (TPSA) is 32.3 Å². The minimum absolute atomic E-state index is 0.176. The third-order valence-corrected chi connectivity index (χ3v) is 4.38. The van der Waals surface area contributed by atoms with Gasteiger partial charge in [0.2, 0.25) is 0 Å². The molecule has 2 N–H and O–H groups in total. The van der Waals surface area contributed by atoms with Crippen LogP contribution in [-0.2, 0) is 0 Å². The summed E-state index contributed by atoms with van der Waals surface area (Å²) < 4.78 is 0. The smallest absolute Gasteiger partial charge is 0.0627 e. The van der Waals surface area contributed by atoms with Crippen LogP contribution in [0.4, 0.5) is 0 Å². The van der Waals surface area contributed by atoms with Crippen molar-refractivity contribution in [3.8, 4) is 0 Å². The fourth-order valence-electron chi connectivity index (χ4n) is 1.73. The van der Waals surface area contributed by atoms with Crippen LogP contribution in [0.1, 0.15) is 33.1 Å². The fourth-order valence-corrected chi connectivity index (χ4v) is 2.85. The molecule has 14 heavy (non-hydrogen) atoms. The van der Waals surface area contributed by atoms with Crippen molar-refractivity contribution in [2.24, 2.45) is 5.92 Å². The van der Waals surface area contributed by atoms with E-state index in [2.05, 4.69) is 12.2 Å². The zero-order valence-electron chi connectivity index (χ0n) is 9.33. The monoisotopic (exact) mass is 217 g/mol. The molecule has 3 unspecified atom stereocenters. The Hall–Kier alpha value is 0.270. The van der Waals surface area contributed by atoms with Crippen molar-refractivity contribution < 1.29 is 5.11 Å². The molecule has 0 bridgehead atoms. The molecule has 0 aliphatic carbocycles. The van der Waals surface area contributed by atoms with Gasteiger partial charge >= 0.3 is 0 Å². The minimum Gasteiger partial charge on any atom is -0.392 e. The van der Waals surface area contributed by atoms with E-state index in [0.29, 0.717) is 5.25 Å². The van der Waals surface area contributed by atoms with Crippen molar-refractivity contribution in [3.05, 3.63) is 0 Å². The normalized spacial score (nSPS) is 27.2. The maximum atomic E-state index is 9.32. The van der Waals surface area contributed by atoms with Crippen molar-refractivity contribution in [1.82, 2.24) is 5.32 Å². The molecule has 1 aliphatic heterocycles. The van der Waals surface area contributed by atoms with E-state index in [1.165, 1.54) is 38.1 Å². The van der Waals surface area contributed by atoms with Gasteiger partial charge < -0.3 is 10.4 Å². The van der Waals surface area contributed by atoms with E-state index in [-0.39, 0.29) is 6.10 Å². The number of hydrogen-bond donors (Lipinski definition) is 2. The van der Waals surface area contributed by atoms with E-state index in [1.54, 1.807) is 0 Å². The van der Waals surface area contributed by atoms with E-state index >= 15 is 0 Å². The lowest BCUT2D eigenvalue weighted by Crippen LogP contribution is -2.30. The van der Waals surface area contributed by atoms with E-state index < -0.39 is 0 Å². The third kappa shape index (κ3) is 4.67. The summed E-state index contributed by atoms with van der Waals surface area (Å²) in [5.74, 6) is 2.07. The second-order valence-corrected chi connectivity index (χ2v) is 5.80. The van der Waals surface area contributed by atoms with E-state index in [1.807, 2.05) is 18.7 Å². The number of rotatable bonds is 5. The zero-order chi connectivity index (χ0) is 10.4. The summed E-state index contributed by atoms with van der Waals surface area (Å²) in [6.07, 6.45) is 3.84. The second-order valence-electron chi connectivity index (χ2n) is 4.32. The summed E-state index contributed by atoms with van der Waals surface area (Å²) in [7, 11) is 0. The highest BCUT2D eigenvalue weighted by atomic mass is 32.2. The first-order valence-corrected chi connectivity index (χ1v) is 6.75. The maximum absolute atomic E-state index is 9.32. The Morgan fingerprint density at radius 3 is 2.86 bits per heavy atom. The van der Waals surface area contributed by atoms with E-state index in [9.17, 15) is 5.11 Å². The second kappa shape index (κ2) is 6.70. The third-order valence-electron chi connectivity index (χ3n) is 2.99. The maximum Gasteiger partial charge on any atom is 0.0627 e. The Labute approximate surface area is 91.9 Å². The Bertz CT molecular complexity index is 146. The molecule has 0 aromatic carbocycles. The van der Waals surface area contributed by atoms with Crippen molar-refractivity contribution in [2.45, 2.75) is 44.5 Å². The average molecular weight is 217 g/mol. The van der Waals surface area contributed by atoms with Crippen LogP contribution < -0.4 is 5.32 Å². The summed E-state index contributed by atoms with van der Waals surface area (Å²) in [6.45, 7) is 6.38. The molecule has 0 spiro atoms. The molecule has 1 fully saturated rings. The van der Waals surface area contributed by atoms with Crippen LogP contribution in [0, 0.1) is 5.92 Å². The van der Waals surface area contributed by atoms with Gasteiger partial charge in [-0.2, -0.15) is 11.8 Å². The van der Waals surface area contributed by atoms with Gasteiger partial charge in [-0.05, 0) is 50.9 Å². The van der Waals surface area contributed by atoms with Crippen molar-refractivity contribution in [3.63, 3.8) is 0 Å². The number of aliphatic hydroxyl groups excluding tert-OH is 1. The lowest BCUT2D eigenvalue weighted by atomic mass is 9.97. The molecular formula is C11H23NOS. The number of aliphatic hydroxyl groups is 1. The van der Waals surface area contributed by atoms with Crippen LogP contribution in [0.2, 0.25) is 0 Å². The minimum atomic E-state index is -0.176. The van der Waals surface area contributed by atoms with Crippen molar-refractivity contribution >= 4 is 11.8 Å². The van der Waals surface area contributed by atoms with Crippen LogP contribution in [0.25, 0.3) is 0 Å². The number of thioether (sulfide) groups is 1. The van der Waals surface area contributed by atoms with Crippen LogP contribution in [0.15, 0.2) is 0 Å². The van der Waals surface area contributed by atoms with Gasteiger partial charge in [0.25, 0.3) is 0 Å². The Morgan fingerprint density at radius 2 is 2.29 bits per heavy atom. The molecule has 84 valence electrons. The van der Waals surface area contributed by atoms with Gasteiger partial charge in [0, 0.05) is 5.25 Å². The zero-order valence-corrected chi connectivity index (χ0v) is 10.1. The van der Waals surface area contributed by atoms with Gasteiger partial charge in [-0.15, -0.1) is 0 Å². The van der Waals surface area contributed by atoms with E-state index in [0.717, 1.165) is 5.92 Å².